The minimum atomic E-state index is -0.497. The molecule has 0 radical (unpaired) electrons. The maximum absolute atomic E-state index is 12.1. The van der Waals surface area contributed by atoms with Gasteiger partial charge in [-0.1, -0.05) is 6.07 Å². The van der Waals surface area contributed by atoms with Crippen LogP contribution in [0.4, 0.5) is 5.69 Å². The molecule has 3 rings (SSSR count). The Balaban J connectivity index is 2.05. The van der Waals surface area contributed by atoms with Crippen LogP contribution in [0.1, 0.15) is 16.1 Å². The number of carbonyl (C=O) groups is 2. The predicted octanol–water partition coefficient (Wildman–Crippen LogP) is 1.91. The van der Waals surface area contributed by atoms with Gasteiger partial charge in [-0.25, -0.2) is 4.98 Å². The van der Waals surface area contributed by atoms with Gasteiger partial charge in [-0.3, -0.25) is 14.5 Å². The van der Waals surface area contributed by atoms with Crippen molar-refractivity contribution in [2.45, 2.75) is 6.54 Å². The Labute approximate surface area is 118 Å². The first-order chi connectivity index (χ1) is 9.09. The van der Waals surface area contributed by atoms with E-state index in [1.165, 1.54) is 4.90 Å². The maximum Gasteiger partial charge on any atom is 0.299 e. The van der Waals surface area contributed by atoms with Crippen molar-refractivity contribution in [2.75, 3.05) is 4.90 Å². The van der Waals surface area contributed by atoms with Crippen molar-refractivity contribution in [1.82, 2.24) is 9.55 Å². The number of aryl methyl sites for hydroxylation is 1. The fourth-order valence-electron chi connectivity index (χ4n) is 2.16. The van der Waals surface area contributed by atoms with E-state index >= 15 is 0 Å². The Morgan fingerprint density at radius 3 is 2.79 bits per heavy atom. The summed E-state index contributed by atoms with van der Waals surface area (Å²) in [6.07, 6.45) is 3.35. The smallest absolute Gasteiger partial charge is 0.299 e. The molecular weight excluding hydrogens is 310 g/mol. The molecule has 0 bridgehead atoms. The lowest BCUT2D eigenvalue weighted by atomic mass is 10.1. The molecule has 1 amide bonds. The lowest BCUT2D eigenvalue weighted by molar-refractivity contribution is -0.114. The van der Waals surface area contributed by atoms with Crippen LogP contribution in [0.25, 0.3) is 0 Å². The number of fused-ring (bicyclic) bond motifs is 1. The number of ketones is 1. The molecule has 2 heterocycles. The maximum atomic E-state index is 12.1. The molecule has 1 aromatic heterocycles. The summed E-state index contributed by atoms with van der Waals surface area (Å²) in [7, 11) is 1.85. The SMILES string of the molecule is Cn1cncc1CN1C(=O)C(=O)c2c(Br)cccc21. The highest BCUT2D eigenvalue weighted by molar-refractivity contribution is 9.10. The molecule has 1 aliphatic heterocycles. The van der Waals surface area contributed by atoms with Gasteiger partial charge < -0.3 is 4.57 Å². The van der Waals surface area contributed by atoms with Gasteiger partial charge in [0.2, 0.25) is 0 Å². The van der Waals surface area contributed by atoms with E-state index < -0.39 is 11.7 Å². The third-order valence-corrected chi connectivity index (χ3v) is 3.85. The van der Waals surface area contributed by atoms with Crippen LogP contribution in [-0.2, 0) is 18.4 Å². The number of anilines is 1. The summed E-state index contributed by atoms with van der Waals surface area (Å²) in [5.41, 5.74) is 1.95. The van der Waals surface area contributed by atoms with Crippen LogP contribution < -0.4 is 4.90 Å². The van der Waals surface area contributed by atoms with Crippen molar-refractivity contribution in [3.05, 3.63) is 46.5 Å². The first-order valence-electron chi connectivity index (χ1n) is 5.69. The number of amides is 1. The zero-order valence-corrected chi connectivity index (χ0v) is 11.7. The van der Waals surface area contributed by atoms with E-state index in [4.69, 9.17) is 0 Å². The number of imidazole rings is 1. The van der Waals surface area contributed by atoms with Crippen LogP contribution in [0.15, 0.2) is 35.2 Å². The monoisotopic (exact) mass is 319 g/mol. The molecule has 1 aliphatic rings. The topological polar surface area (TPSA) is 55.2 Å². The number of benzene rings is 1. The number of hydrogen-bond donors (Lipinski definition) is 0. The second-order valence-corrected chi connectivity index (χ2v) is 5.20. The van der Waals surface area contributed by atoms with E-state index in [9.17, 15) is 9.59 Å². The van der Waals surface area contributed by atoms with E-state index in [1.807, 2.05) is 17.7 Å². The molecule has 0 saturated carbocycles. The summed E-state index contributed by atoms with van der Waals surface area (Å²) in [6.45, 7) is 0.338. The van der Waals surface area contributed by atoms with Gasteiger partial charge in [0.05, 0.1) is 29.8 Å². The molecule has 1 aromatic carbocycles. The molecule has 19 heavy (non-hydrogen) atoms. The van der Waals surface area contributed by atoms with Gasteiger partial charge in [-0.2, -0.15) is 0 Å². The van der Waals surface area contributed by atoms with Gasteiger partial charge in [0.15, 0.2) is 0 Å². The van der Waals surface area contributed by atoms with E-state index in [2.05, 4.69) is 20.9 Å². The summed E-state index contributed by atoms with van der Waals surface area (Å²) in [5, 5.41) is 0. The van der Waals surface area contributed by atoms with Gasteiger partial charge in [0, 0.05) is 17.7 Å². The van der Waals surface area contributed by atoms with Gasteiger partial charge in [0.1, 0.15) is 0 Å². The second kappa shape index (κ2) is 4.31. The van der Waals surface area contributed by atoms with Crippen molar-refractivity contribution in [2.24, 2.45) is 7.05 Å². The average Bonchev–Trinajstić information content (AvgIpc) is 2.89. The molecule has 0 unspecified atom stereocenters. The van der Waals surface area contributed by atoms with Gasteiger partial charge >= 0.3 is 0 Å². The predicted molar refractivity (Wildman–Crippen MR) is 72.9 cm³/mol. The van der Waals surface area contributed by atoms with E-state index in [-0.39, 0.29) is 0 Å². The highest BCUT2D eigenvalue weighted by atomic mass is 79.9. The second-order valence-electron chi connectivity index (χ2n) is 4.35. The summed E-state index contributed by atoms with van der Waals surface area (Å²) in [6, 6.07) is 5.35. The highest BCUT2D eigenvalue weighted by Crippen LogP contribution is 2.35. The number of Topliss-reactive ketones (excluding diaryl/α,β-unsaturated/α-hetero) is 1. The minimum absolute atomic E-state index is 0.338. The number of aromatic nitrogens is 2. The van der Waals surface area contributed by atoms with Gasteiger partial charge in [0.25, 0.3) is 11.7 Å². The fourth-order valence-corrected chi connectivity index (χ4v) is 2.69. The average molecular weight is 320 g/mol. The molecule has 0 N–H and O–H groups in total. The van der Waals surface area contributed by atoms with Crippen molar-refractivity contribution in [3.8, 4) is 0 Å². The Morgan fingerprint density at radius 1 is 1.32 bits per heavy atom. The molecule has 2 aromatic rings. The Kier molecular flexibility index (Phi) is 2.74. The Hall–Kier alpha value is -1.95. The Bertz CT molecular complexity index is 693. The summed E-state index contributed by atoms with van der Waals surface area (Å²) < 4.78 is 2.48. The van der Waals surface area contributed by atoms with Crippen LogP contribution in [-0.4, -0.2) is 21.2 Å². The molecule has 0 saturated heterocycles. The standard InChI is InChI=1S/C13H10BrN3O2/c1-16-7-15-5-8(16)6-17-10-4-2-3-9(14)11(10)12(18)13(17)19/h2-5,7H,6H2,1H3. The van der Waals surface area contributed by atoms with Crippen LogP contribution >= 0.6 is 15.9 Å². The van der Waals surface area contributed by atoms with Crippen molar-refractivity contribution in [3.63, 3.8) is 0 Å². The normalized spacial score (nSPS) is 14.1. The van der Waals surface area contributed by atoms with E-state index in [0.29, 0.717) is 22.3 Å². The third kappa shape index (κ3) is 1.79. The lowest BCUT2D eigenvalue weighted by Crippen LogP contribution is -2.29. The van der Waals surface area contributed by atoms with Crippen molar-refractivity contribution >= 4 is 33.3 Å². The summed E-state index contributed by atoms with van der Waals surface area (Å²) in [5.74, 6) is -0.965. The largest absolute Gasteiger partial charge is 0.336 e. The first kappa shape index (κ1) is 12.1. The molecule has 5 nitrogen and oxygen atoms in total. The van der Waals surface area contributed by atoms with Crippen LogP contribution in [0.5, 0.6) is 0 Å². The fraction of sp³-hybridized carbons (Fsp3) is 0.154. The zero-order valence-electron chi connectivity index (χ0n) is 10.1. The molecular formula is C13H10BrN3O2. The molecule has 0 fully saturated rings. The zero-order chi connectivity index (χ0) is 13.6. The van der Waals surface area contributed by atoms with Crippen molar-refractivity contribution < 1.29 is 9.59 Å². The highest BCUT2D eigenvalue weighted by Gasteiger charge is 2.37. The van der Waals surface area contributed by atoms with E-state index in [0.717, 1.165) is 5.69 Å². The number of rotatable bonds is 2. The van der Waals surface area contributed by atoms with E-state index in [1.54, 1.807) is 24.7 Å². The first-order valence-corrected chi connectivity index (χ1v) is 6.49. The number of hydrogen-bond acceptors (Lipinski definition) is 3. The molecule has 0 atom stereocenters. The number of carbonyl (C=O) groups excluding carboxylic acids is 2. The Morgan fingerprint density at radius 2 is 2.11 bits per heavy atom. The number of halogens is 1. The molecule has 96 valence electrons. The van der Waals surface area contributed by atoms with Gasteiger partial charge in [-0.05, 0) is 28.1 Å². The summed E-state index contributed by atoms with van der Waals surface area (Å²) in [4.78, 5) is 29.6. The van der Waals surface area contributed by atoms with Crippen LogP contribution in [0, 0.1) is 0 Å². The summed E-state index contributed by atoms with van der Waals surface area (Å²) >= 11 is 3.32. The van der Waals surface area contributed by atoms with Crippen LogP contribution in [0.3, 0.4) is 0 Å². The number of nitrogens with zero attached hydrogens (tertiary/aromatic N) is 3. The molecule has 6 heteroatoms. The minimum Gasteiger partial charge on any atom is -0.336 e. The third-order valence-electron chi connectivity index (χ3n) is 3.19. The molecule has 0 aliphatic carbocycles. The van der Waals surface area contributed by atoms with Crippen molar-refractivity contribution in [1.29, 1.82) is 0 Å². The molecule has 0 spiro atoms. The lowest BCUT2D eigenvalue weighted by Gasteiger charge is -2.16. The quantitative estimate of drug-likeness (QED) is 0.794. The van der Waals surface area contributed by atoms with Gasteiger partial charge in [-0.15, -0.1) is 0 Å². The van der Waals surface area contributed by atoms with Crippen LogP contribution in [0.2, 0.25) is 0 Å².